The molecule has 0 fully saturated rings. The SMILES string of the molecule is CN1CCc2c(sc(NC(=O)c3ccc(S(=O)(=O)N4CCc5ccccc5C4)cc3)c2C(N)=O)C1. The third kappa shape index (κ3) is 4.50. The normalized spacial score (nSPS) is 16.4. The molecule has 0 bridgehead atoms. The lowest BCUT2D eigenvalue weighted by Gasteiger charge is -2.28. The van der Waals surface area contributed by atoms with E-state index >= 15 is 0 Å². The zero-order chi connectivity index (χ0) is 24.7. The predicted molar refractivity (Wildman–Crippen MR) is 135 cm³/mol. The Bertz CT molecular complexity index is 1410. The number of carbonyl (C=O) groups excluding carboxylic acids is 2. The van der Waals surface area contributed by atoms with Crippen molar-refractivity contribution < 1.29 is 18.0 Å². The molecule has 3 aromatic rings. The molecular weight excluding hydrogens is 484 g/mol. The van der Waals surface area contributed by atoms with E-state index in [2.05, 4.69) is 10.2 Å². The molecule has 2 aliphatic heterocycles. The number of nitrogens with one attached hydrogen (secondary N) is 1. The third-order valence-electron chi connectivity index (χ3n) is 6.57. The summed E-state index contributed by atoms with van der Waals surface area (Å²) < 4.78 is 27.9. The maximum absolute atomic E-state index is 13.2. The van der Waals surface area contributed by atoms with Crippen LogP contribution >= 0.6 is 11.3 Å². The van der Waals surface area contributed by atoms with E-state index in [4.69, 9.17) is 5.73 Å². The number of thiophene rings is 1. The van der Waals surface area contributed by atoms with Gasteiger partial charge in [0.15, 0.2) is 0 Å². The van der Waals surface area contributed by atoms with Crippen molar-refractivity contribution in [2.45, 2.75) is 30.8 Å². The van der Waals surface area contributed by atoms with Gasteiger partial charge < -0.3 is 16.0 Å². The summed E-state index contributed by atoms with van der Waals surface area (Å²) in [6.45, 7) is 2.25. The van der Waals surface area contributed by atoms with Crippen LogP contribution in [0, 0.1) is 0 Å². The lowest BCUT2D eigenvalue weighted by Crippen LogP contribution is -2.35. The summed E-state index contributed by atoms with van der Waals surface area (Å²) in [5.41, 5.74) is 9.38. The van der Waals surface area contributed by atoms with Gasteiger partial charge in [-0.25, -0.2) is 8.42 Å². The van der Waals surface area contributed by atoms with Crippen molar-refractivity contribution in [3.63, 3.8) is 0 Å². The number of likely N-dealkylation sites (N-methyl/N-ethyl adjacent to an activating group) is 1. The summed E-state index contributed by atoms with van der Waals surface area (Å²) in [5, 5.41) is 3.25. The minimum absolute atomic E-state index is 0.140. The average molecular weight is 511 g/mol. The van der Waals surface area contributed by atoms with Crippen molar-refractivity contribution in [2.24, 2.45) is 5.73 Å². The fourth-order valence-electron chi connectivity index (χ4n) is 4.66. The molecule has 3 heterocycles. The number of fused-ring (bicyclic) bond motifs is 2. The first-order valence-electron chi connectivity index (χ1n) is 11.4. The number of primary amides is 1. The van der Waals surface area contributed by atoms with Gasteiger partial charge in [0, 0.05) is 36.6 Å². The minimum atomic E-state index is -3.69. The highest BCUT2D eigenvalue weighted by Crippen LogP contribution is 2.37. The lowest BCUT2D eigenvalue weighted by atomic mass is 10.0. The smallest absolute Gasteiger partial charge is 0.256 e. The van der Waals surface area contributed by atoms with Crippen molar-refractivity contribution in [1.82, 2.24) is 9.21 Å². The number of sulfonamides is 1. The van der Waals surface area contributed by atoms with Crippen molar-refractivity contribution in [3.05, 3.63) is 81.2 Å². The number of nitrogens with zero attached hydrogens (tertiary/aromatic N) is 2. The number of hydrogen-bond acceptors (Lipinski definition) is 6. The quantitative estimate of drug-likeness (QED) is 0.548. The van der Waals surface area contributed by atoms with Crippen LogP contribution in [0.4, 0.5) is 5.00 Å². The van der Waals surface area contributed by atoms with Crippen molar-refractivity contribution >= 4 is 38.2 Å². The summed E-state index contributed by atoms with van der Waals surface area (Å²) in [5.74, 6) is -0.984. The molecule has 3 N–H and O–H groups in total. The highest BCUT2D eigenvalue weighted by molar-refractivity contribution is 7.89. The van der Waals surface area contributed by atoms with Gasteiger partial charge in [0.1, 0.15) is 5.00 Å². The summed E-state index contributed by atoms with van der Waals surface area (Å²) in [4.78, 5) is 28.4. The minimum Gasteiger partial charge on any atom is -0.365 e. The van der Waals surface area contributed by atoms with Gasteiger partial charge in [-0.2, -0.15) is 4.31 Å². The van der Waals surface area contributed by atoms with Gasteiger partial charge in [-0.05, 0) is 60.8 Å². The van der Waals surface area contributed by atoms with Gasteiger partial charge in [-0.1, -0.05) is 24.3 Å². The van der Waals surface area contributed by atoms with Crippen LogP contribution in [0.25, 0.3) is 0 Å². The molecule has 1 aromatic heterocycles. The first-order chi connectivity index (χ1) is 16.7. The second kappa shape index (κ2) is 9.19. The highest BCUT2D eigenvalue weighted by Gasteiger charge is 2.29. The zero-order valence-electron chi connectivity index (χ0n) is 19.3. The van der Waals surface area contributed by atoms with Crippen molar-refractivity contribution in [1.29, 1.82) is 0 Å². The molecule has 0 saturated heterocycles. The molecule has 0 radical (unpaired) electrons. The van der Waals surface area contributed by atoms with E-state index in [1.165, 1.54) is 45.5 Å². The van der Waals surface area contributed by atoms with Gasteiger partial charge in [0.2, 0.25) is 10.0 Å². The van der Waals surface area contributed by atoms with E-state index in [9.17, 15) is 18.0 Å². The van der Waals surface area contributed by atoms with E-state index in [1.54, 1.807) is 0 Å². The van der Waals surface area contributed by atoms with Gasteiger partial charge in [-0.3, -0.25) is 9.59 Å². The van der Waals surface area contributed by atoms with Crippen LogP contribution in [0.2, 0.25) is 0 Å². The molecule has 35 heavy (non-hydrogen) atoms. The Kier molecular flexibility index (Phi) is 6.22. The standard InChI is InChI=1S/C25H26N4O4S2/c1-28-12-11-20-21(15-28)34-25(22(20)23(26)30)27-24(31)17-6-8-19(9-7-17)35(32,33)29-13-10-16-4-2-3-5-18(16)14-29/h2-9H,10-15H2,1H3,(H2,26,30)(H,27,31). The summed E-state index contributed by atoms with van der Waals surface area (Å²) in [7, 11) is -1.69. The van der Waals surface area contributed by atoms with E-state index in [0.717, 1.165) is 22.5 Å². The van der Waals surface area contributed by atoms with Crippen LogP contribution in [-0.2, 0) is 36.0 Å². The molecule has 0 saturated carbocycles. The number of benzene rings is 2. The van der Waals surface area contributed by atoms with Crippen LogP contribution in [0.3, 0.4) is 0 Å². The van der Waals surface area contributed by atoms with Crippen LogP contribution < -0.4 is 11.1 Å². The number of amides is 2. The van der Waals surface area contributed by atoms with E-state index < -0.39 is 21.8 Å². The van der Waals surface area contributed by atoms with Crippen LogP contribution in [0.1, 0.15) is 42.3 Å². The highest BCUT2D eigenvalue weighted by atomic mass is 32.2. The topological polar surface area (TPSA) is 113 Å². The molecule has 2 amide bonds. The second-order valence-electron chi connectivity index (χ2n) is 8.90. The van der Waals surface area contributed by atoms with E-state index in [0.29, 0.717) is 48.6 Å². The van der Waals surface area contributed by atoms with Crippen LogP contribution in [-0.4, -0.2) is 49.6 Å². The molecule has 182 valence electrons. The molecule has 2 aromatic carbocycles. The number of nitrogens with two attached hydrogens (primary N) is 1. The Hall–Kier alpha value is -3.05. The van der Waals surface area contributed by atoms with Crippen LogP contribution in [0.5, 0.6) is 0 Å². The van der Waals surface area contributed by atoms with Gasteiger partial charge in [0.25, 0.3) is 11.8 Å². The zero-order valence-corrected chi connectivity index (χ0v) is 20.9. The molecule has 2 aliphatic rings. The molecule has 5 rings (SSSR count). The van der Waals surface area contributed by atoms with Gasteiger partial charge >= 0.3 is 0 Å². The monoisotopic (exact) mass is 510 g/mol. The maximum atomic E-state index is 13.2. The predicted octanol–water partition coefficient (Wildman–Crippen LogP) is 2.83. The Labute approximate surface area is 208 Å². The summed E-state index contributed by atoms with van der Waals surface area (Å²) in [6, 6.07) is 13.7. The number of anilines is 1. The summed E-state index contributed by atoms with van der Waals surface area (Å²) in [6.07, 6.45) is 1.36. The second-order valence-corrected chi connectivity index (χ2v) is 11.9. The molecule has 0 atom stereocenters. The molecule has 8 nitrogen and oxygen atoms in total. The maximum Gasteiger partial charge on any atom is 0.256 e. The first-order valence-corrected chi connectivity index (χ1v) is 13.6. The summed E-state index contributed by atoms with van der Waals surface area (Å²) >= 11 is 1.36. The molecule has 10 heteroatoms. The Morgan fingerprint density at radius 3 is 2.40 bits per heavy atom. The van der Waals surface area contributed by atoms with Gasteiger partial charge in [-0.15, -0.1) is 11.3 Å². The average Bonchev–Trinajstić information content (AvgIpc) is 3.20. The van der Waals surface area contributed by atoms with Crippen molar-refractivity contribution in [2.75, 3.05) is 25.5 Å². The molecular formula is C25H26N4O4S2. The number of hydrogen-bond donors (Lipinski definition) is 2. The Morgan fingerprint density at radius 2 is 1.69 bits per heavy atom. The van der Waals surface area contributed by atoms with E-state index in [-0.39, 0.29) is 4.90 Å². The molecule has 0 unspecified atom stereocenters. The largest absolute Gasteiger partial charge is 0.365 e. The first kappa shape index (κ1) is 23.7. The molecule has 0 spiro atoms. The molecule has 0 aliphatic carbocycles. The fraction of sp³-hybridized carbons (Fsp3) is 0.280. The Morgan fingerprint density at radius 1 is 0.971 bits per heavy atom. The number of rotatable bonds is 5. The lowest BCUT2D eigenvalue weighted by molar-refractivity contribution is 0.1000. The van der Waals surface area contributed by atoms with E-state index in [1.807, 2.05) is 31.3 Å². The van der Waals surface area contributed by atoms with Crippen LogP contribution in [0.15, 0.2) is 53.4 Å². The van der Waals surface area contributed by atoms with Crippen molar-refractivity contribution in [3.8, 4) is 0 Å². The van der Waals surface area contributed by atoms with Gasteiger partial charge in [0.05, 0.1) is 10.5 Å². The number of carbonyl (C=O) groups is 2. The third-order valence-corrected chi connectivity index (χ3v) is 9.56. The fourth-order valence-corrected chi connectivity index (χ4v) is 7.40. The Balaban J connectivity index is 1.34.